The predicted molar refractivity (Wildman–Crippen MR) is 124 cm³/mol. The van der Waals surface area contributed by atoms with E-state index in [9.17, 15) is 14.9 Å². The van der Waals surface area contributed by atoms with Crippen molar-refractivity contribution in [3.8, 4) is 23.4 Å². The van der Waals surface area contributed by atoms with Crippen molar-refractivity contribution in [1.82, 2.24) is 19.7 Å². The van der Waals surface area contributed by atoms with Gasteiger partial charge in [-0.2, -0.15) is 10.2 Å². The molecule has 0 bridgehead atoms. The van der Waals surface area contributed by atoms with E-state index in [2.05, 4.69) is 15.3 Å². The second kappa shape index (κ2) is 10.1. The van der Waals surface area contributed by atoms with Gasteiger partial charge in [0.15, 0.2) is 0 Å². The first-order valence-electron chi connectivity index (χ1n) is 10.2. The van der Waals surface area contributed by atoms with Crippen LogP contribution in [-0.2, 0) is 11.3 Å². The Kier molecular flexibility index (Phi) is 6.60. The Balaban J connectivity index is 1.72. The summed E-state index contributed by atoms with van der Waals surface area (Å²) in [6, 6.07) is 17.2. The van der Waals surface area contributed by atoms with Gasteiger partial charge in [-0.3, -0.25) is 19.0 Å². The van der Waals surface area contributed by atoms with Crippen LogP contribution in [0.5, 0.6) is 17.4 Å². The minimum Gasteiger partial charge on any atom is -0.497 e. The van der Waals surface area contributed by atoms with Gasteiger partial charge in [-0.25, -0.2) is 0 Å². The summed E-state index contributed by atoms with van der Waals surface area (Å²) in [6.07, 6.45) is 5.97. The third kappa shape index (κ3) is 4.92. The van der Waals surface area contributed by atoms with Gasteiger partial charge in [0, 0.05) is 25.1 Å². The second-order valence-corrected chi connectivity index (χ2v) is 7.06. The second-order valence-electron chi connectivity index (χ2n) is 7.06. The number of pyridine rings is 2. The van der Waals surface area contributed by atoms with Gasteiger partial charge in [0.1, 0.15) is 34.4 Å². The summed E-state index contributed by atoms with van der Waals surface area (Å²) in [6.45, 7) is 0.176. The fraction of sp³-hybridized carbons (Fsp3) is 0.0800. The molecule has 168 valence electrons. The van der Waals surface area contributed by atoms with E-state index in [0.29, 0.717) is 17.1 Å². The van der Waals surface area contributed by atoms with Crippen LogP contribution in [0.25, 0.3) is 11.7 Å². The van der Waals surface area contributed by atoms with Crippen molar-refractivity contribution in [2.24, 2.45) is 0 Å². The number of hydrogen-bond acceptors (Lipinski definition) is 7. The number of aromatic nitrogens is 3. The summed E-state index contributed by atoms with van der Waals surface area (Å²) in [5, 5.41) is 12.3. The molecule has 0 unspecified atom stereocenters. The number of nitrogens with zero attached hydrogens (tertiary/aromatic N) is 4. The van der Waals surface area contributed by atoms with Crippen LogP contribution >= 0.6 is 0 Å². The maximum absolute atomic E-state index is 13.2. The standard InChI is InChI=1S/C25H19N5O4/c1-33-19-7-9-20(10-8-19)34-24-21(25(32)30-12-3-2-6-22(30)29-24)13-18(14-26)23(31)28-16-17-5-4-11-27-15-17/h2-13,15H,16H2,1H3,(H,28,31)/b18-13+. The van der Waals surface area contributed by atoms with E-state index in [0.717, 1.165) is 5.56 Å². The van der Waals surface area contributed by atoms with Crippen LogP contribution in [0.2, 0.25) is 0 Å². The molecule has 0 atom stereocenters. The Bertz CT molecular complexity index is 1460. The zero-order valence-corrected chi connectivity index (χ0v) is 18.1. The molecular formula is C25H19N5O4. The number of rotatable bonds is 7. The van der Waals surface area contributed by atoms with E-state index in [1.165, 1.54) is 10.5 Å². The lowest BCUT2D eigenvalue weighted by Gasteiger charge is -2.11. The van der Waals surface area contributed by atoms with Gasteiger partial charge < -0.3 is 14.8 Å². The molecule has 1 aromatic carbocycles. The highest BCUT2D eigenvalue weighted by Gasteiger charge is 2.17. The molecule has 4 aromatic rings. The molecule has 0 aliphatic carbocycles. The number of hydrogen-bond donors (Lipinski definition) is 1. The van der Waals surface area contributed by atoms with Crippen molar-refractivity contribution in [2.45, 2.75) is 6.54 Å². The molecule has 1 amide bonds. The molecule has 0 aliphatic rings. The lowest BCUT2D eigenvalue weighted by Crippen LogP contribution is -2.25. The molecule has 9 nitrogen and oxygen atoms in total. The average Bonchev–Trinajstić information content (AvgIpc) is 2.88. The number of nitriles is 1. The number of benzene rings is 1. The summed E-state index contributed by atoms with van der Waals surface area (Å²) in [4.78, 5) is 34.3. The molecule has 3 heterocycles. The molecular weight excluding hydrogens is 434 g/mol. The van der Waals surface area contributed by atoms with Crippen LogP contribution in [-0.4, -0.2) is 27.4 Å². The molecule has 34 heavy (non-hydrogen) atoms. The van der Waals surface area contributed by atoms with Crippen molar-refractivity contribution in [3.05, 3.63) is 100 Å². The summed E-state index contributed by atoms with van der Waals surface area (Å²) < 4.78 is 12.3. The highest BCUT2D eigenvalue weighted by atomic mass is 16.5. The zero-order valence-electron chi connectivity index (χ0n) is 18.1. The van der Waals surface area contributed by atoms with Gasteiger partial charge in [0.05, 0.1) is 7.11 Å². The number of ether oxygens (including phenoxy) is 2. The summed E-state index contributed by atoms with van der Waals surface area (Å²) in [5.41, 5.74) is 0.338. The smallest absolute Gasteiger partial charge is 0.269 e. The fourth-order valence-corrected chi connectivity index (χ4v) is 3.11. The van der Waals surface area contributed by atoms with Crippen LogP contribution < -0.4 is 20.3 Å². The molecule has 0 saturated carbocycles. The number of fused-ring (bicyclic) bond motifs is 1. The van der Waals surface area contributed by atoms with Crippen LogP contribution in [0.15, 0.2) is 83.6 Å². The van der Waals surface area contributed by atoms with E-state index in [4.69, 9.17) is 9.47 Å². The third-order valence-electron chi connectivity index (χ3n) is 4.84. The highest BCUT2D eigenvalue weighted by Crippen LogP contribution is 2.25. The van der Waals surface area contributed by atoms with E-state index in [1.54, 1.807) is 80.3 Å². The van der Waals surface area contributed by atoms with Crippen LogP contribution in [0, 0.1) is 11.3 Å². The van der Waals surface area contributed by atoms with Crippen LogP contribution in [0.3, 0.4) is 0 Å². The Hall–Kier alpha value is -4.97. The predicted octanol–water partition coefficient (Wildman–Crippen LogP) is 3.11. The minimum absolute atomic E-state index is 0.0332. The minimum atomic E-state index is -0.640. The Morgan fingerprint density at radius 2 is 1.94 bits per heavy atom. The third-order valence-corrected chi connectivity index (χ3v) is 4.84. The molecule has 9 heteroatoms. The fourth-order valence-electron chi connectivity index (χ4n) is 3.11. The summed E-state index contributed by atoms with van der Waals surface area (Å²) in [7, 11) is 1.55. The number of amides is 1. The highest BCUT2D eigenvalue weighted by molar-refractivity contribution is 6.01. The van der Waals surface area contributed by atoms with E-state index < -0.39 is 11.5 Å². The van der Waals surface area contributed by atoms with Crippen molar-refractivity contribution < 1.29 is 14.3 Å². The molecule has 3 aromatic heterocycles. The molecule has 1 N–H and O–H groups in total. The molecule has 4 rings (SSSR count). The first-order valence-corrected chi connectivity index (χ1v) is 10.2. The van der Waals surface area contributed by atoms with Crippen molar-refractivity contribution in [2.75, 3.05) is 7.11 Å². The normalized spacial score (nSPS) is 11.0. The van der Waals surface area contributed by atoms with Crippen LogP contribution in [0.4, 0.5) is 0 Å². The van der Waals surface area contributed by atoms with E-state index in [1.807, 2.05) is 6.07 Å². The van der Waals surface area contributed by atoms with Crippen molar-refractivity contribution in [3.63, 3.8) is 0 Å². The summed E-state index contributed by atoms with van der Waals surface area (Å²) >= 11 is 0. The van der Waals surface area contributed by atoms with E-state index >= 15 is 0 Å². The Labute approximate surface area is 194 Å². The maximum atomic E-state index is 13.2. The average molecular weight is 453 g/mol. The number of carbonyl (C=O) groups is 1. The van der Waals surface area contributed by atoms with Gasteiger partial charge in [-0.15, -0.1) is 0 Å². The SMILES string of the molecule is COc1ccc(Oc2nc3ccccn3c(=O)c2/C=C(\C#N)C(=O)NCc2cccnc2)cc1. The van der Waals surface area contributed by atoms with Gasteiger partial charge in [-0.05, 0) is 54.1 Å². The van der Waals surface area contributed by atoms with Gasteiger partial charge in [-0.1, -0.05) is 12.1 Å². The first kappa shape index (κ1) is 22.2. The lowest BCUT2D eigenvalue weighted by atomic mass is 10.1. The largest absolute Gasteiger partial charge is 0.497 e. The molecule has 0 saturated heterocycles. The molecule has 0 radical (unpaired) electrons. The first-order chi connectivity index (χ1) is 16.6. The molecule has 0 spiro atoms. The van der Waals surface area contributed by atoms with Crippen LogP contribution in [0.1, 0.15) is 11.1 Å². The maximum Gasteiger partial charge on any atom is 0.269 e. The number of nitrogens with one attached hydrogen (secondary N) is 1. The quantitative estimate of drug-likeness (QED) is 0.337. The van der Waals surface area contributed by atoms with Gasteiger partial charge in [0.2, 0.25) is 5.88 Å². The number of carbonyl (C=O) groups excluding carboxylic acids is 1. The van der Waals surface area contributed by atoms with E-state index in [-0.39, 0.29) is 23.6 Å². The van der Waals surface area contributed by atoms with Crippen molar-refractivity contribution >= 4 is 17.6 Å². The zero-order chi connectivity index (χ0) is 23.9. The monoisotopic (exact) mass is 453 g/mol. The molecule has 0 fully saturated rings. The molecule has 0 aliphatic heterocycles. The summed E-state index contributed by atoms with van der Waals surface area (Å²) in [5.74, 6) is 0.367. The topological polar surface area (TPSA) is 119 Å². The van der Waals surface area contributed by atoms with Gasteiger partial charge >= 0.3 is 0 Å². The lowest BCUT2D eigenvalue weighted by molar-refractivity contribution is -0.117. The Morgan fingerprint density at radius 1 is 1.15 bits per heavy atom. The van der Waals surface area contributed by atoms with Crippen molar-refractivity contribution in [1.29, 1.82) is 5.26 Å². The number of methoxy groups -OCH3 is 1. The Morgan fingerprint density at radius 3 is 2.65 bits per heavy atom. The van der Waals surface area contributed by atoms with Gasteiger partial charge in [0.25, 0.3) is 11.5 Å².